The van der Waals surface area contributed by atoms with E-state index < -0.39 is 0 Å². The maximum absolute atomic E-state index is 10.4. The Bertz CT molecular complexity index is 1290. The lowest BCUT2D eigenvalue weighted by molar-refractivity contribution is 0.457. The number of hydrogen-bond donors (Lipinski definition) is 2. The number of pyridine rings is 1. The van der Waals surface area contributed by atoms with Gasteiger partial charge in [-0.15, -0.1) is 10.2 Å². The second-order valence-corrected chi connectivity index (χ2v) is 6.07. The summed E-state index contributed by atoms with van der Waals surface area (Å²) in [7, 11) is 0. The van der Waals surface area contributed by atoms with Crippen molar-refractivity contribution in [3.05, 3.63) is 77.1 Å². The van der Waals surface area contributed by atoms with Gasteiger partial charge in [0.25, 0.3) is 0 Å². The fourth-order valence-electron chi connectivity index (χ4n) is 3.14. The van der Waals surface area contributed by atoms with Gasteiger partial charge in [0.15, 0.2) is 5.88 Å². The minimum absolute atomic E-state index is 0.134. The number of H-pyrrole nitrogens is 1. The Labute approximate surface area is 147 Å². The molecule has 0 saturated carbocycles. The number of aromatic amines is 1. The van der Waals surface area contributed by atoms with Gasteiger partial charge in [-0.25, -0.2) is 0 Å². The van der Waals surface area contributed by atoms with Gasteiger partial charge in [-0.3, -0.25) is 4.98 Å². The Kier molecular flexibility index (Phi) is 3.15. The lowest BCUT2D eigenvalue weighted by atomic mass is 10.0. The number of aromatic hydroxyl groups is 1. The van der Waals surface area contributed by atoms with Gasteiger partial charge in [-0.1, -0.05) is 24.3 Å². The number of benzene rings is 2. The molecule has 1 aliphatic heterocycles. The summed E-state index contributed by atoms with van der Waals surface area (Å²) in [6, 6.07) is 15.7. The van der Waals surface area contributed by atoms with Crippen LogP contribution in [0.4, 0.5) is 5.69 Å². The highest BCUT2D eigenvalue weighted by molar-refractivity contribution is 5.94. The van der Waals surface area contributed by atoms with Crippen LogP contribution >= 0.6 is 0 Å². The van der Waals surface area contributed by atoms with Crippen molar-refractivity contribution in [1.82, 2.24) is 9.97 Å². The number of nitrogens with zero attached hydrogens (tertiary/aromatic N) is 4. The Morgan fingerprint density at radius 1 is 1.00 bits per heavy atom. The first-order chi connectivity index (χ1) is 12.8. The van der Waals surface area contributed by atoms with Gasteiger partial charge in [-0.05, 0) is 46.3 Å². The number of hydrogen-bond acceptors (Lipinski definition) is 5. The second kappa shape index (κ2) is 5.63. The first-order valence-electron chi connectivity index (χ1n) is 8.13. The van der Waals surface area contributed by atoms with E-state index in [0.717, 1.165) is 43.9 Å². The summed E-state index contributed by atoms with van der Waals surface area (Å²) < 4.78 is 0. The van der Waals surface area contributed by atoms with Gasteiger partial charge in [0, 0.05) is 34.4 Å². The number of fused-ring (bicyclic) bond motifs is 2. The lowest BCUT2D eigenvalue weighted by Gasteiger charge is -2.01. The molecular formula is C20H13N5O. The van der Waals surface area contributed by atoms with Crippen LogP contribution in [0.3, 0.4) is 0 Å². The predicted molar refractivity (Wildman–Crippen MR) is 98.5 cm³/mol. The molecule has 0 bridgehead atoms. The zero-order valence-electron chi connectivity index (χ0n) is 13.6. The summed E-state index contributed by atoms with van der Waals surface area (Å²) in [6.07, 6.45) is 5.49. The van der Waals surface area contributed by atoms with E-state index in [0.29, 0.717) is 0 Å². The van der Waals surface area contributed by atoms with Crippen LogP contribution in [-0.2, 0) is 0 Å². The molecule has 6 nitrogen and oxygen atoms in total. The molecule has 2 aromatic carbocycles. The van der Waals surface area contributed by atoms with Crippen LogP contribution in [0.5, 0.6) is 5.88 Å². The summed E-state index contributed by atoms with van der Waals surface area (Å²) >= 11 is 0. The molecule has 2 N–H and O–H groups in total. The third-order valence-electron chi connectivity index (χ3n) is 4.43. The molecule has 4 aromatic rings. The molecule has 0 atom stereocenters. The Morgan fingerprint density at radius 2 is 1.96 bits per heavy atom. The normalized spacial score (nSPS) is 13.2. The molecular weight excluding hydrogens is 326 g/mol. The van der Waals surface area contributed by atoms with Crippen molar-refractivity contribution in [2.75, 3.05) is 0 Å². The molecule has 0 radical (unpaired) electrons. The molecule has 1 aliphatic rings. The highest BCUT2D eigenvalue weighted by Crippen LogP contribution is 2.31. The molecule has 2 aromatic heterocycles. The topological polar surface area (TPSA) is 86.0 Å². The molecule has 0 amide bonds. The highest BCUT2D eigenvalue weighted by Gasteiger charge is 2.10. The predicted octanol–water partition coefficient (Wildman–Crippen LogP) is 3.40. The Balaban J connectivity index is 1.65. The molecule has 6 heteroatoms. The van der Waals surface area contributed by atoms with Crippen molar-refractivity contribution in [3.63, 3.8) is 0 Å². The smallest absolute Gasteiger partial charge is 0.196 e. The van der Waals surface area contributed by atoms with Gasteiger partial charge in [0.05, 0.1) is 0 Å². The standard InChI is InChI=1S/C20H13N5O/c26-20-16(8-12-3-6-17-19(9-12)24-25-23-17)15-5-4-13(10-18(15)22-20)14-2-1-7-21-11-14/h1-11,22,26H. The van der Waals surface area contributed by atoms with Crippen LogP contribution in [0.1, 0.15) is 5.56 Å². The van der Waals surface area contributed by atoms with Gasteiger partial charge in [-0.2, -0.15) is 0 Å². The largest absolute Gasteiger partial charge is 0.494 e. The van der Waals surface area contributed by atoms with Gasteiger partial charge < -0.3 is 10.1 Å². The van der Waals surface area contributed by atoms with Crippen molar-refractivity contribution in [2.45, 2.75) is 0 Å². The van der Waals surface area contributed by atoms with Crippen molar-refractivity contribution >= 4 is 22.7 Å². The van der Waals surface area contributed by atoms with Crippen LogP contribution < -0.4 is 10.6 Å². The molecule has 3 heterocycles. The van der Waals surface area contributed by atoms with Crippen molar-refractivity contribution in [3.8, 4) is 17.0 Å². The van der Waals surface area contributed by atoms with Crippen LogP contribution in [0.15, 0.2) is 76.4 Å². The molecule has 124 valence electrons. The average Bonchev–Trinajstić information content (AvgIpc) is 3.26. The van der Waals surface area contributed by atoms with Crippen molar-refractivity contribution < 1.29 is 5.11 Å². The molecule has 0 unspecified atom stereocenters. The van der Waals surface area contributed by atoms with Gasteiger partial charge in [0.1, 0.15) is 11.0 Å². The molecule has 26 heavy (non-hydrogen) atoms. The van der Waals surface area contributed by atoms with E-state index in [1.807, 2.05) is 60.8 Å². The molecule has 0 aliphatic carbocycles. The Morgan fingerprint density at radius 3 is 2.85 bits per heavy atom. The summed E-state index contributed by atoms with van der Waals surface area (Å²) in [6.45, 7) is 0. The van der Waals surface area contributed by atoms with E-state index in [4.69, 9.17) is 0 Å². The maximum atomic E-state index is 10.4. The second-order valence-electron chi connectivity index (χ2n) is 6.07. The summed E-state index contributed by atoms with van der Waals surface area (Å²) in [5, 5.41) is 24.6. The first kappa shape index (κ1) is 14.5. The highest BCUT2D eigenvalue weighted by atomic mass is 16.3. The van der Waals surface area contributed by atoms with E-state index >= 15 is 0 Å². The van der Waals surface area contributed by atoms with E-state index in [1.165, 1.54) is 0 Å². The summed E-state index contributed by atoms with van der Waals surface area (Å²) in [5.41, 5.74) is 4.41. The zero-order valence-corrected chi connectivity index (χ0v) is 13.6. The molecule has 5 rings (SSSR count). The number of nitrogens with one attached hydrogen (secondary N) is 1. The molecule has 0 spiro atoms. The quantitative estimate of drug-likeness (QED) is 0.586. The van der Waals surface area contributed by atoms with Gasteiger partial charge in [0.2, 0.25) is 0 Å². The van der Waals surface area contributed by atoms with Crippen LogP contribution in [0.2, 0.25) is 0 Å². The molecule has 0 saturated heterocycles. The minimum Gasteiger partial charge on any atom is -0.494 e. The third-order valence-corrected chi connectivity index (χ3v) is 4.43. The molecule has 0 fully saturated rings. The Hall–Kier alpha value is -3.80. The monoisotopic (exact) mass is 339 g/mol. The van der Waals surface area contributed by atoms with E-state index in [1.54, 1.807) is 6.20 Å². The fourth-order valence-corrected chi connectivity index (χ4v) is 3.14. The van der Waals surface area contributed by atoms with Crippen molar-refractivity contribution in [2.24, 2.45) is 15.4 Å². The third kappa shape index (κ3) is 2.36. The van der Waals surface area contributed by atoms with Crippen molar-refractivity contribution in [1.29, 1.82) is 0 Å². The van der Waals surface area contributed by atoms with E-state index in [-0.39, 0.29) is 5.88 Å². The van der Waals surface area contributed by atoms with Crippen LogP contribution in [0.25, 0.3) is 28.1 Å². The summed E-state index contributed by atoms with van der Waals surface area (Å²) in [4.78, 5) is 7.21. The zero-order chi connectivity index (χ0) is 17.5. The average molecular weight is 339 g/mol. The minimum atomic E-state index is 0.134. The number of aromatic nitrogens is 2. The van der Waals surface area contributed by atoms with Crippen LogP contribution in [0, 0.1) is 0 Å². The fraction of sp³-hybridized carbons (Fsp3) is 0. The van der Waals surface area contributed by atoms with Gasteiger partial charge >= 0.3 is 0 Å². The summed E-state index contributed by atoms with van der Waals surface area (Å²) in [5.74, 6) is 0.134. The van der Waals surface area contributed by atoms with Crippen LogP contribution in [-0.4, -0.2) is 15.1 Å². The van der Waals surface area contributed by atoms with E-state index in [2.05, 4.69) is 25.4 Å². The SMILES string of the molecule is Oc1[nH]c2cc(-c3cccnc3)ccc2c1C=c1ccc2c(c1)N=NN=2. The van der Waals surface area contributed by atoms with E-state index in [9.17, 15) is 5.11 Å². The maximum Gasteiger partial charge on any atom is 0.196 e. The number of rotatable bonds is 2. The first-order valence-corrected chi connectivity index (χ1v) is 8.13. The lowest BCUT2D eigenvalue weighted by Crippen LogP contribution is -2.06.